The zero-order chi connectivity index (χ0) is 17.1. The average molecular weight is 332 g/mol. The molecule has 1 unspecified atom stereocenters. The first-order valence-corrected chi connectivity index (χ1v) is 9.06. The van der Waals surface area contributed by atoms with Crippen LogP contribution in [0.2, 0.25) is 0 Å². The number of aliphatic hydroxyl groups is 1. The number of aliphatic hydroxyl groups excluding tert-OH is 1. The van der Waals surface area contributed by atoms with E-state index in [0.717, 1.165) is 25.7 Å². The Labute approximate surface area is 141 Å². The molecule has 4 saturated carbocycles. The van der Waals surface area contributed by atoms with Crippen molar-refractivity contribution in [3.63, 3.8) is 0 Å². The highest BCUT2D eigenvalue weighted by Crippen LogP contribution is 2.77. The molecule has 5 aliphatic rings. The summed E-state index contributed by atoms with van der Waals surface area (Å²) in [4.78, 5) is 25.1. The highest BCUT2D eigenvalue weighted by atomic mass is 16.6. The second-order valence-electron chi connectivity index (χ2n) is 9.22. The Balaban J connectivity index is 1.75. The number of carboxylic acids is 1. The molecule has 130 valence electrons. The standard InChI is InChI=1S/C19H24O5/c1-9-5-18-6-10(9)3-4-12(18)19-8-11(20)7-17(2,16(23)24-19)14(19)13(18)15(21)22/h10-14,20H,1,3-8H2,2H3,(H,21,22)/t10-,11-,12-,13-,14-,17?,18+,19-/m1/s1. The molecule has 5 nitrogen and oxygen atoms in total. The van der Waals surface area contributed by atoms with Gasteiger partial charge in [0.05, 0.1) is 17.4 Å². The van der Waals surface area contributed by atoms with E-state index in [4.69, 9.17) is 4.74 Å². The minimum absolute atomic E-state index is 0.0346. The third kappa shape index (κ3) is 1.36. The molecular weight excluding hydrogens is 308 g/mol. The van der Waals surface area contributed by atoms with E-state index < -0.39 is 29.0 Å². The molecule has 2 N–H and O–H groups in total. The topological polar surface area (TPSA) is 83.8 Å². The van der Waals surface area contributed by atoms with Crippen LogP contribution in [-0.4, -0.2) is 33.9 Å². The fraction of sp³-hybridized carbons (Fsp3) is 0.789. The van der Waals surface area contributed by atoms with Gasteiger partial charge in [-0.1, -0.05) is 12.2 Å². The van der Waals surface area contributed by atoms with Gasteiger partial charge < -0.3 is 14.9 Å². The molecule has 1 aliphatic heterocycles. The van der Waals surface area contributed by atoms with Gasteiger partial charge in [0.2, 0.25) is 0 Å². The third-order valence-electron chi connectivity index (χ3n) is 8.24. The fourth-order valence-corrected chi connectivity index (χ4v) is 7.78. The van der Waals surface area contributed by atoms with E-state index >= 15 is 0 Å². The molecule has 1 saturated heterocycles. The van der Waals surface area contributed by atoms with E-state index in [9.17, 15) is 19.8 Å². The quantitative estimate of drug-likeness (QED) is 0.568. The van der Waals surface area contributed by atoms with Crippen molar-refractivity contribution >= 4 is 11.9 Å². The van der Waals surface area contributed by atoms with Crippen molar-refractivity contribution in [2.75, 3.05) is 0 Å². The summed E-state index contributed by atoms with van der Waals surface area (Å²) >= 11 is 0. The third-order valence-corrected chi connectivity index (χ3v) is 8.24. The van der Waals surface area contributed by atoms with Crippen molar-refractivity contribution in [2.45, 2.75) is 57.2 Å². The van der Waals surface area contributed by atoms with E-state index in [1.165, 1.54) is 5.57 Å². The van der Waals surface area contributed by atoms with Gasteiger partial charge in [0.25, 0.3) is 0 Å². The van der Waals surface area contributed by atoms with Gasteiger partial charge in [0, 0.05) is 18.3 Å². The van der Waals surface area contributed by atoms with Gasteiger partial charge in [-0.15, -0.1) is 0 Å². The van der Waals surface area contributed by atoms with Crippen LogP contribution < -0.4 is 0 Å². The number of fused-ring (bicyclic) bond motifs is 1. The summed E-state index contributed by atoms with van der Waals surface area (Å²) < 4.78 is 6.01. The van der Waals surface area contributed by atoms with Gasteiger partial charge >= 0.3 is 11.9 Å². The van der Waals surface area contributed by atoms with Gasteiger partial charge in [-0.05, 0) is 50.4 Å². The maximum atomic E-state index is 12.7. The van der Waals surface area contributed by atoms with Crippen LogP contribution in [0.5, 0.6) is 0 Å². The van der Waals surface area contributed by atoms with E-state index in [1.807, 2.05) is 6.92 Å². The summed E-state index contributed by atoms with van der Waals surface area (Å²) in [6.45, 7) is 6.03. The first-order chi connectivity index (χ1) is 11.2. The Morgan fingerprint density at radius 3 is 2.75 bits per heavy atom. The number of aliphatic carboxylic acids is 1. The number of ether oxygens (including phenoxy) is 1. The molecule has 1 heterocycles. The van der Waals surface area contributed by atoms with Crippen molar-refractivity contribution in [1.82, 2.24) is 0 Å². The van der Waals surface area contributed by atoms with Crippen LogP contribution in [0.15, 0.2) is 12.2 Å². The largest absolute Gasteiger partial charge is 0.481 e. The second-order valence-corrected chi connectivity index (χ2v) is 9.22. The highest BCUT2D eigenvalue weighted by Gasteiger charge is 2.82. The number of carbonyl (C=O) groups is 2. The van der Waals surface area contributed by atoms with Gasteiger partial charge in [-0.2, -0.15) is 0 Å². The summed E-state index contributed by atoms with van der Waals surface area (Å²) in [5.74, 6) is -1.56. The molecule has 5 fully saturated rings. The number of carbonyl (C=O) groups excluding carboxylic acids is 1. The van der Waals surface area contributed by atoms with Gasteiger partial charge in [-0.25, -0.2) is 0 Å². The molecule has 5 heteroatoms. The summed E-state index contributed by atoms with van der Waals surface area (Å²) in [5.41, 5.74) is -0.844. The molecular formula is C19H24O5. The van der Waals surface area contributed by atoms with Crippen molar-refractivity contribution in [2.24, 2.45) is 34.5 Å². The fourth-order valence-electron chi connectivity index (χ4n) is 7.78. The van der Waals surface area contributed by atoms with Crippen LogP contribution in [0, 0.1) is 34.5 Å². The maximum Gasteiger partial charge on any atom is 0.312 e. The first kappa shape index (κ1) is 14.9. The predicted octanol–water partition coefficient (Wildman–Crippen LogP) is 2.14. The zero-order valence-corrected chi connectivity index (χ0v) is 14.0. The lowest BCUT2D eigenvalue weighted by Crippen LogP contribution is -2.51. The molecule has 0 amide bonds. The number of allylic oxidation sites excluding steroid dienone is 1. The van der Waals surface area contributed by atoms with Gasteiger partial charge in [0.15, 0.2) is 0 Å². The van der Waals surface area contributed by atoms with Crippen molar-refractivity contribution in [3.05, 3.63) is 12.2 Å². The summed E-state index contributed by atoms with van der Waals surface area (Å²) in [7, 11) is 0. The molecule has 0 radical (unpaired) electrons. The highest BCUT2D eigenvalue weighted by molar-refractivity contribution is 5.84. The Morgan fingerprint density at radius 2 is 2.04 bits per heavy atom. The lowest BCUT2D eigenvalue weighted by molar-refractivity contribution is -0.161. The predicted molar refractivity (Wildman–Crippen MR) is 83.8 cm³/mol. The lowest BCUT2D eigenvalue weighted by atomic mass is 9.59. The molecule has 0 aromatic heterocycles. The van der Waals surface area contributed by atoms with Crippen LogP contribution in [0.4, 0.5) is 0 Å². The average Bonchev–Trinajstić information content (AvgIpc) is 2.92. The van der Waals surface area contributed by atoms with Crippen molar-refractivity contribution in [3.8, 4) is 0 Å². The van der Waals surface area contributed by atoms with Crippen LogP contribution in [-0.2, 0) is 14.3 Å². The summed E-state index contributed by atoms with van der Waals surface area (Å²) in [6, 6.07) is 0. The minimum atomic E-state index is -0.883. The number of esters is 1. The SMILES string of the molecule is C=C1C[C@]23C[C@H]1CC[C@H]2[C@@]12C[C@H](O)CC(C)(C(=O)O1)[C@H]2[C@@H]3C(=O)O. The molecule has 4 bridgehead atoms. The molecule has 8 atom stereocenters. The second kappa shape index (κ2) is 4.06. The van der Waals surface area contributed by atoms with E-state index in [1.54, 1.807) is 0 Å². The molecule has 24 heavy (non-hydrogen) atoms. The maximum absolute atomic E-state index is 12.7. The Hall–Kier alpha value is -1.36. The van der Waals surface area contributed by atoms with Crippen molar-refractivity contribution in [1.29, 1.82) is 0 Å². The molecule has 0 aromatic carbocycles. The Bertz CT molecular complexity index is 685. The lowest BCUT2D eigenvalue weighted by Gasteiger charge is -2.44. The minimum Gasteiger partial charge on any atom is -0.481 e. The number of rotatable bonds is 1. The van der Waals surface area contributed by atoms with E-state index in [2.05, 4.69) is 6.58 Å². The monoisotopic (exact) mass is 332 g/mol. The van der Waals surface area contributed by atoms with Crippen LogP contribution in [0.3, 0.4) is 0 Å². The molecule has 5 rings (SSSR count). The molecule has 4 aliphatic carbocycles. The number of hydrogen-bond acceptors (Lipinski definition) is 4. The Morgan fingerprint density at radius 1 is 1.29 bits per heavy atom. The van der Waals surface area contributed by atoms with Crippen LogP contribution in [0.1, 0.15) is 45.4 Å². The van der Waals surface area contributed by atoms with Crippen LogP contribution >= 0.6 is 0 Å². The smallest absolute Gasteiger partial charge is 0.312 e. The Kier molecular flexibility index (Phi) is 2.53. The first-order valence-electron chi connectivity index (χ1n) is 9.06. The zero-order valence-electron chi connectivity index (χ0n) is 14.0. The van der Waals surface area contributed by atoms with Crippen molar-refractivity contribution < 1.29 is 24.5 Å². The summed E-state index contributed by atoms with van der Waals surface area (Å²) in [6.07, 6.45) is 3.58. The summed E-state index contributed by atoms with van der Waals surface area (Å²) in [5, 5.41) is 20.6. The molecule has 0 aromatic rings. The van der Waals surface area contributed by atoms with Gasteiger partial charge in [-0.3, -0.25) is 9.59 Å². The number of carboxylic acid groups (broad SMARTS) is 1. The van der Waals surface area contributed by atoms with E-state index in [-0.39, 0.29) is 23.2 Å². The molecule has 1 spiro atoms. The van der Waals surface area contributed by atoms with E-state index in [0.29, 0.717) is 18.8 Å². The number of hydrogen-bond donors (Lipinski definition) is 2. The normalized spacial score (nSPS) is 57.5. The van der Waals surface area contributed by atoms with Crippen LogP contribution in [0.25, 0.3) is 0 Å². The van der Waals surface area contributed by atoms with Gasteiger partial charge in [0.1, 0.15) is 5.60 Å².